The van der Waals surface area contributed by atoms with Crippen molar-refractivity contribution in [1.82, 2.24) is 0 Å². The minimum Gasteiger partial charge on any atom is -0.326 e. The molecule has 0 bridgehead atoms. The predicted octanol–water partition coefficient (Wildman–Crippen LogP) is 3.00. The standard InChI is InChI=1S/C13H17NO/c1-9-4-5-10-11(8-9)14-12(15)6-7-13(10,2)3/h4-5,8H,6-7H2,1-3H3,(H,14,15). The van der Waals surface area contributed by atoms with Crippen LogP contribution in [-0.4, -0.2) is 5.91 Å². The molecule has 0 radical (unpaired) electrons. The minimum atomic E-state index is 0.0855. The molecule has 15 heavy (non-hydrogen) atoms. The molecule has 1 N–H and O–H groups in total. The van der Waals surface area contributed by atoms with Gasteiger partial charge in [-0.1, -0.05) is 26.0 Å². The van der Waals surface area contributed by atoms with Gasteiger partial charge in [0.2, 0.25) is 5.91 Å². The van der Waals surface area contributed by atoms with Crippen molar-refractivity contribution >= 4 is 11.6 Å². The average molecular weight is 203 g/mol. The fourth-order valence-electron chi connectivity index (χ4n) is 2.13. The van der Waals surface area contributed by atoms with Crippen LogP contribution >= 0.6 is 0 Å². The highest BCUT2D eigenvalue weighted by Crippen LogP contribution is 2.36. The highest BCUT2D eigenvalue weighted by molar-refractivity contribution is 5.92. The Morgan fingerprint density at radius 3 is 2.80 bits per heavy atom. The van der Waals surface area contributed by atoms with Crippen LogP contribution in [-0.2, 0) is 10.2 Å². The predicted molar refractivity (Wildman–Crippen MR) is 62.1 cm³/mol. The first-order chi connectivity index (χ1) is 6.99. The SMILES string of the molecule is Cc1ccc2c(c1)NC(=O)CCC2(C)C. The van der Waals surface area contributed by atoms with Crippen LogP contribution < -0.4 is 5.32 Å². The van der Waals surface area contributed by atoms with Gasteiger partial charge in [-0.25, -0.2) is 0 Å². The summed E-state index contributed by atoms with van der Waals surface area (Å²) in [6.07, 6.45) is 1.52. The summed E-state index contributed by atoms with van der Waals surface area (Å²) in [5, 5.41) is 2.98. The monoisotopic (exact) mass is 203 g/mol. The molecule has 1 heterocycles. The van der Waals surface area contributed by atoms with Gasteiger partial charge in [-0.15, -0.1) is 0 Å². The number of fused-ring (bicyclic) bond motifs is 1. The molecule has 0 saturated carbocycles. The van der Waals surface area contributed by atoms with Crippen LogP contribution in [0, 0.1) is 6.92 Å². The lowest BCUT2D eigenvalue weighted by molar-refractivity contribution is -0.116. The Balaban J connectivity index is 2.55. The van der Waals surface area contributed by atoms with E-state index >= 15 is 0 Å². The summed E-state index contributed by atoms with van der Waals surface area (Å²) in [5.74, 6) is 0.132. The number of carbonyl (C=O) groups is 1. The molecule has 2 heteroatoms. The number of aryl methyl sites for hydroxylation is 1. The maximum absolute atomic E-state index is 11.5. The molecule has 1 aliphatic heterocycles. The van der Waals surface area contributed by atoms with Crippen molar-refractivity contribution < 1.29 is 4.79 Å². The lowest BCUT2D eigenvalue weighted by atomic mass is 9.80. The number of rotatable bonds is 0. The number of anilines is 1. The maximum atomic E-state index is 11.5. The molecule has 0 aliphatic carbocycles. The lowest BCUT2D eigenvalue weighted by Crippen LogP contribution is -2.16. The molecule has 80 valence electrons. The smallest absolute Gasteiger partial charge is 0.224 e. The summed E-state index contributed by atoms with van der Waals surface area (Å²) >= 11 is 0. The quantitative estimate of drug-likeness (QED) is 0.690. The van der Waals surface area contributed by atoms with E-state index in [1.54, 1.807) is 0 Å². The van der Waals surface area contributed by atoms with E-state index in [-0.39, 0.29) is 11.3 Å². The molecule has 1 aliphatic rings. The van der Waals surface area contributed by atoms with Crippen LogP contribution in [0.1, 0.15) is 37.8 Å². The fraction of sp³-hybridized carbons (Fsp3) is 0.462. The summed E-state index contributed by atoms with van der Waals surface area (Å²) in [4.78, 5) is 11.5. The van der Waals surface area contributed by atoms with Gasteiger partial charge < -0.3 is 5.32 Å². The Morgan fingerprint density at radius 1 is 1.33 bits per heavy atom. The highest BCUT2D eigenvalue weighted by atomic mass is 16.1. The van der Waals surface area contributed by atoms with Crippen molar-refractivity contribution in [2.24, 2.45) is 0 Å². The number of hydrogen-bond acceptors (Lipinski definition) is 1. The van der Waals surface area contributed by atoms with Crippen LogP contribution in [0.25, 0.3) is 0 Å². The molecule has 0 atom stereocenters. The molecular formula is C13H17NO. The van der Waals surface area contributed by atoms with E-state index in [1.807, 2.05) is 6.92 Å². The van der Waals surface area contributed by atoms with Gasteiger partial charge in [0, 0.05) is 12.1 Å². The number of hydrogen-bond donors (Lipinski definition) is 1. The highest BCUT2D eigenvalue weighted by Gasteiger charge is 2.28. The van der Waals surface area contributed by atoms with Gasteiger partial charge in [0.15, 0.2) is 0 Å². The van der Waals surface area contributed by atoms with Gasteiger partial charge in [0.25, 0.3) is 0 Å². The third kappa shape index (κ3) is 1.89. The zero-order valence-electron chi connectivity index (χ0n) is 9.55. The first-order valence-electron chi connectivity index (χ1n) is 5.40. The lowest BCUT2D eigenvalue weighted by Gasteiger charge is -2.24. The number of nitrogens with one attached hydrogen (secondary N) is 1. The van der Waals surface area contributed by atoms with E-state index in [0.717, 1.165) is 12.1 Å². The molecule has 1 aromatic rings. The third-order valence-corrected chi connectivity index (χ3v) is 3.16. The second-order valence-corrected chi connectivity index (χ2v) is 4.98. The second-order valence-electron chi connectivity index (χ2n) is 4.98. The van der Waals surface area contributed by atoms with E-state index in [1.165, 1.54) is 11.1 Å². The van der Waals surface area contributed by atoms with E-state index in [9.17, 15) is 4.79 Å². The number of amides is 1. The van der Waals surface area contributed by atoms with Gasteiger partial charge >= 0.3 is 0 Å². The summed E-state index contributed by atoms with van der Waals surface area (Å²) < 4.78 is 0. The van der Waals surface area contributed by atoms with Crippen LogP contribution in [0.15, 0.2) is 18.2 Å². The molecule has 2 nitrogen and oxygen atoms in total. The number of carbonyl (C=O) groups excluding carboxylic acids is 1. The summed E-state index contributed by atoms with van der Waals surface area (Å²) in [6, 6.07) is 6.30. The molecule has 0 fully saturated rings. The van der Waals surface area contributed by atoms with Crippen molar-refractivity contribution in [1.29, 1.82) is 0 Å². The van der Waals surface area contributed by atoms with Gasteiger partial charge in [-0.2, -0.15) is 0 Å². The van der Waals surface area contributed by atoms with Gasteiger partial charge in [-0.05, 0) is 36.0 Å². The van der Waals surface area contributed by atoms with Crippen molar-refractivity contribution in [3.63, 3.8) is 0 Å². The molecule has 0 spiro atoms. The van der Waals surface area contributed by atoms with Gasteiger partial charge in [0.05, 0.1) is 0 Å². The van der Waals surface area contributed by atoms with Crippen LogP contribution in [0.5, 0.6) is 0 Å². The van der Waals surface area contributed by atoms with Crippen molar-refractivity contribution in [3.8, 4) is 0 Å². The van der Waals surface area contributed by atoms with Crippen molar-refractivity contribution in [3.05, 3.63) is 29.3 Å². The average Bonchev–Trinajstić information content (AvgIpc) is 2.24. The Labute approximate surface area is 90.7 Å². The van der Waals surface area contributed by atoms with E-state index < -0.39 is 0 Å². The first kappa shape index (κ1) is 10.2. The third-order valence-electron chi connectivity index (χ3n) is 3.16. The molecule has 0 aromatic heterocycles. The van der Waals surface area contributed by atoms with E-state index in [2.05, 4.69) is 37.4 Å². The van der Waals surface area contributed by atoms with Crippen LogP contribution in [0.3, 0.4) is 0 Å². The zero-order valence-corrected chi connectivity index (χ0v) is 9.55. The Kier molecular flexibility index (Phi) is 2.29. The normalized spacial score (nSPS) is 19.0. The topological polar surface area (TPSA) is 29.1 Å². The Bertz CT molecular complexity index is 407. The fourth-order valence-corrected chi connectivity index (χ4v) is 2.13. The van der Waals surface area contributed by atoms with Gasteiger partial charge in [0.1, 0.15) is 0 Å². The summed E-state index contributed by atoms with van der Waals surface area (Å²) in [7, 11) is 0. The molecular weight excluding hydrogens is 186 g/mol. The zero-order chi connectivity index (χ0) is 11.1. The van der Waals surface area contributed by atoms with Gasteiger partial charge in [-0.3, -0.25) is 4.79 Å². The second kappa shape index (κ2) is 3.37. The molecule has 0 saturated heterocycles. The molecule has 1 aromatic carbocycles. The van der Waals surface area contributed by atoms with Crippen LogP contribution in [0.4, 0.5) is 5.69 Å². The molecule has 1 amide bonds. The molecule has 0 unspecified atom stereocenters. The van der Waals surface area contributed by atoms with Crippen molar-refractivity contribution in [2.45, 2.75) is 39.0 Å². The number of benzene rings is 1. The summed E-state index contributed by atoms with van der Waals surface area (Å²) in [5.41, 5.74) is 3.51. The van der Waals surface area contributed by atoms with Crippen molar-refractivity contribution in [2.75, 3.05) is 5.32 Å². The first-order valence-corrected chi connectivity index (χ1v) is 5.40. The summed E-state index contributed by atoms with van der Waals surface area (Å²) in [6.45, 7) is 6.44. The Hall–Kier alpha value is -1.31. The van der Waals surface area contributed by atoms with E-state index in [4.69, 9.17) is 0 Å². The van der Waals surface area contributed by atoms with E-state index in [0.29, 0.717) is 6.42 Å². The Morgan fingerprint density at radius 2 is 2.07 bits per heavy atom. The largest absolute Gasteiger partial charge is 0.326 e. The maximum Gasteiger partial charge on any atom is 0.224 e. The van der Waals surface area contributed by atoms with Crippen LogP contribution in [0.2, 0.25) is 0 Å². The minimum absolute atomic E-state index is 0.0855. The molecule has 2 rings (SSSR count).